The molecular formula is C32H34Cl2N2O5S. The molecule has 1 aliphatic heterocycles. The molecule has 1 amide bonds. The fraction of sp³-hybridized carbons (Fsp3) is 0.375. The van der Waals surface area contributed by atoms with Crippen LogP contribution in [-0.2, 0) is 27.4 Å². The number of carboxylic acids is 1. The molecule has 3 aromatic carbocycles. The van der Waals surface area contributed by atoms with E-state index in [1.54, 1.807) is 25.1 Å². The third-order valence-corrected chi connectivity index (χ3v) is 9.68. The first-order chi connectivity index (χ1) is 20.1. The van der Waals surface area contributed by atoms with E-state index in [1.165, 1.54) is 4.31 Å². The van der Waals surface area contributed by atoms with E-state index in [-0.39, 0.29) is 37.3 Å². The number of likely N-dealkylation sites (tertiary alicyclic amines) is 1. The van der Waals surface area contributed by atoms with E-state index < -0.39 is 34.7 Å². The summed E-state index contributed by atoms with van der Waals surface area (Å²) in [5, 5.41) is 11.0. The molecule has 7 nitrogen and oxygen atoms in total. The van der Waals surface area contributed by atoms with Crippen LogP contribution in [0.15, 0.2) is 78.9 Å². The Kier molecular flexibility index (Phi) is 9.40. The highest BCUT2D eigenvalue weighted by Gasteiger charge is 2.54. The lowest BCUT2D eigenvalue weighted by Gasteiger charge is -2.52. The number of carbonyl (C=O) groups excluding carboxylic acids is 1. The van der Waals surface area contributed by atoms with Crippen LogP contribution in [0.5, 0.6) is 0 Å². The lowest BCUT2D eigenvalue weighted by Crippen LogP contribution is -2.59. The van der Waals surface area contributed by atoms with E-state index in [1.807, 2.05) is 65.6 Å². The zero-order valence-corrected chi connectivity index (χ0v) is 25.6. The molecule has 1 unspecified atom stereocenters. The van der Waals surface area contributed by atoms with Crippen LogP contribution in [0.4, 0.5) is 0 Å². The highest BCUT2D eigenvalue weighted by molar-refractivity contribution is 7.76. The summed E-state index contributed by atoms with van der Waals surface area (Å²) in [5.41, 5.74) is 1.44. The normalized spacial score (nSPS) is 24.0. The van der Waals surface area contributed by atoms with Crippen LogP contribution in [0.25, 0.3) is 0 Å². The molecule has 2 aliphatic rings. The van der Waals surface area contributed by atoms with Gasteiger partial charge in [0.25, 0.3) is 0 Å². The van der Waals surface area contributed by atoms with Gasteiger partial charge in [0, 0.05) is 35.1 Å². The molecule has 222 valence electrons. The van der Waals surface area contributed by atoms with Crippen molar-refractivity contribution in [2.24, 2.45) is 11.3 Å². The van der Waals surface area contributed by atoms with Gasteiger partial charge in [0.05, 0.1) is 17.9 Å². The van der Waals surface area contributed by atoms with Crippen molar-refractivity contribution in [1.29, 1.82) is 0 Å². The number of benzene rings is 3. The maximum Gasteiger partial charge on any atom is 0.304 e. The van der Waals surface area contributed by atoms with E-state index >= 15 is 0 Å². The standard InChI is InChI=1S/C32H34Cl2N2O5S/c1-32(18-29(37)38)17-27(24-8-5-9-26(34)16-24)30(23-12-14-25(33)15-13-23)36(31(32)39)28(22-10-11-22)20-35(42(40)41)19-21-6-3-2-4-7-21/h2-9,12-16,22,27-28,30H,10-11,17-20H2,1H3,(H,37,38)(H,40,41)/t27-,28-,30-,32-/m1/s1. The number of hydrogen-bond donors (Lipinski definition) is 2. The number of carboxylic acid groups (broad SMARTS) is 1. The largest absolute Gasteiger partial charge is 0.481 e. The van der Waals surface area contributed by atoms with Gasteiger partial charge in [-0.05, 0) is 66.1 Å². The minimum absolute atomic E-state index is 0.109. The number of rotatable bonds is 11. The van der Waals surface area contributed by atoms with Crippen LogP contribution in [0.3, 0.4) is 0 Å². The van der Waals surface area contributed by atoms with Crippen molar-refractivity contribution in [3.05, 3.63) is 106 Å². The monoisotopic (exact) mass is 628 g/mol. The van der Waals surface area contributed by atoms with Crippen LogP contribution in [-0.4, -0.2) is 47.5 Å². The van der Waals surface area contributed by atoms with Crippen molar-refractivity contribution in [2.45, 2.75) is 57.2 Å². The molecule has 42 heavy (non-hydrogen) atoms. The van der Waals surface area contributed by atoms with Gasteiger partial charge >= 0.3 is 5.97 Å². The van der Waals surface area contributed by atoms with Crippen LogP contribution >= 0.6 is 23.2 Å². The Labute approximate surface area is 258 Å². The summed E-state index contributed by atoms with van der Waals surface area (Å²) in [7, 11) is 0. The Balaban J connectivity index is 1.64. The molecule has 1 saturated carbocycles. The van der Waals surface area contributed by atoms with Crippen LogP contribution in [0, 0.1) is 11.3 Å². The number of piperidine rings is 1. The average molecular weight is 630 g/mol. The third kappa shape index (κ3) is 6.90. The molecule has 0 bridgehead atoms. The summed E-state index contributed by atoms with van der Waals surface area (Å²) in [5.74, 6) is -1.48. The molecule has 1 heterocycles. The van der Waals surface area contributed by atoms with E-state index in [4.69, 9.17) is 23.2 Å². The molecule has 0 aromatic heterocycles. The molecule has 2 fully saturated rings. The Morgan fingerprint density at radius 3 is 2.31 bits per heavy atom. The van der Waals surface area contributed by atoms with Crippen molar-refractivity contribution in [3.63, 3.8) is 0 Å². The number of aliphatic carboxylic acids is 1. The number of carbonyl (C=O) groups is 2. The second kappa shape index (κ2) is 12.9. The number of hydrogen-bond acceptors (Lipinski definition) is 3. The van der Waals surface area contributed by atoms with Gasteiger partial charge in [0.2, 0.25) is 17.2 Å². The highest BCUT2D eigenvalue weighted by Crippen LogP contribution is 2.54. The first-order valence-corrected chi connectivity index (χ1v) is 15.8. The molecule has 3 aromatic rings. The fourth-order valence-electron chi connectivity index (χ4n) is 6.37. The van der Waals surface area contributed by atoms with Crippen molar-refractivity contribution >= 4 is 46.3 Å². The van der Waals surface area contributed by atoms with E-state index in [0.29, 0.717) is 16.5 Å². The zero-order chi connectivity index (χ0) is 30.0. The van der Waals surface area contributed by atoms with Gasteiger partial charge in [0.1, 0.15) is 0 Å². The van der Waals surface area contributed by atoms with Crippen molar-refractivity contribution in [3.8, 4) is 0 Å². The van der Waals surface area contributed by atoms with Crippen molar-refractivity contribution in [1.82, 2.24) is 9.21 Å². The van der Waals surface area contributed by atoms with E-state index in [0.717, 1.165) is 29.5 Å². The summed E-state index contributed by atoms with van der Waals surface area (Å²) in [6, 6.07) is 23.4. The minimum atomic E-state index is -2.30. The first kappa shape index (κ1) is 30.7. The summed E-state index contributed by atoms with van der Waals surface area (Å²) in [6.45, 7) is 2.11. The second-order valence-corrected chi connectivity index (χ2v) is 13.5. The molecular weight excluding hydrogens is 595 g/mol. The number of halogens is 2. The topological polar surface area (TPSA) is 98.2 Å². The lowest BCUT2D eigenvalue weighted by molar-refractivity contribution is -0.161. The predicted molar refractivity (Wildman–Crippen MR) is 164 cm³/mol. The summed E-state index contributed by atoms with van der Waals surface area (Å²) < 4.78 is 24.5. The molecule has 0 radical (unpaired) electrons. The molecule has 1 saturated heterocycles. The predicted octanol–water partition coefficient (Wildman–Crippen LogP) is 6.95. The molecule has 5 rings (SSSR count). The van der Waals surface area contributed by atoms with Crippen LogP contribution < -0.4 is 0 Å². The molecule has 2 N–H and O–H groups in total. The lowest BCUT2D eigenvalue weighted by atomic mass is 9.67. The van der Waals surface area contributed by atoms with Crippen LogP contribution in [0.1, 0.15) is 61.3 Å². The SMILES string of the molecule is C[C@]1(CC(=O)O)C[C@H](c2cccc(Cl)c2)[C@@H](c2ccc(Cl)cc2)N([C@H](CN(Cc2ccccc2)S(=O)O)C2CC2)C1=O. The second-order valence-electron chi connectivity index (χ2n) is 11.6. The zero-order valence-electron chi connectivity index (χ0n) is 23.2. The van der Waals surface area contributed by atoms with Gasteiger partial charge in [-0.2, -0.15) is 4.31 Å². The van der Waals surface area contributed by atoms with E-state index in [9.17, 15) is 23.5 Å². The Bertz CT molecular complexity index is 1450. The van der Waals surface area contributed by atoms with Crippen molar-refractivity contribution in [2.75, 3.05) is 6.54 Å². The Morgan fingerprint density at radius 1 is 1.02 bits per heavy atom. The number of amides is 1. The van der Waals surface area contributed by atoms with Crippen LogP contribution in [0.2, 0.25) is 10.0 Å². The summed E-state index contributed by atoms with van der Waals surface area (Å²) in [6.07, 6.45) is 1.72. The average Bonchev–Trinajstić information content (AvgIpc) is 3.79. The van der Waals surface area contributed by atoms with Gasteiger partial charge < -0.3 is 10.0 Å². The summed E-state index contributed by atoms with van der Waals surface area (Å²) in [4.78, 5) is 28.6. The van der Waals surface area contributed by atoms with E-state index in [2.05, 4.69) is 0 Å². The Hall–Kier alpha value is -2.75. The maximum absolute atomic E-state index is 14.6. The van der Waals surface area contributed by atoms with Gasteiger partial charge in [-0.3, -0.25) is 14.1 Å². The molecule has 0 spiro atoms. The quantitative estimate of drug-likeness (QED) is 0.224. The molecule has 5 atom stereocenters. The minimum Gasteiger partial charge on any atom is -0.481 e. The molecule has 10 heteroatoms. The summed E-state index contributed by atoms with van der Waals surface area (Å²) >= 11 is 10.4. The highest BCUT2D eigenvalue weighted by atomic mass is 35.5. The maximum atomic E-state index is 14.6. The smallest absolute Gasteiger partial charge is 0.304 e. The van der Waals surface area contributed by atoms with Gasteiger partial charge in [-0.15, -0.1) is 0 Å². The van der Waals surface area contributed by atoms with Gasteiger partial charge in [-0.25, -0.2) is 4.21 Å². The van der Waals surface area contributed by atoms with Gasteiger partial charge in [-0.1, -0.05) is 84.7 Å². The Morgan fingerprint density at radius 2 is 1.71 bits per heavy atom. The van der Waals surface area contributed by atoms with Gasteiger partial charge in [0.15, 0.2) is 0 Å². The fourth-order valence-corrected chi connectivity index (χ4v) is 7.23. The molecule has 1 aliphatic carbocycles. The third-order valence-electron chi connectivity index (χ3n) is 8.47. The first-order valence-electron chi connectivity index (χ1n) is 14.0. The number of nitrogens with zero attached hydrogens (tertiary/aromatic N) is 2. The van der Waals surface area contributed by atoms with Crippen molar-refractivity contribution < 1.29 is 23.5 Å².